The van der Waals surface area contributed by atoms with Gasteiger partial charge in [0.25, 0.3) is 0 Å². The summed E-state index contributed by atoms with van der Waals surface area (Å²) in [5.41, 5.74) is 2.58. The van der Waals surface area contributed by atoms with Crippen LogP contribution in [0.3, 0.4) is 0 Å². The Balaban J connectivity index is 2.86. The van der Waals surface area contributed by atoms with Gasteiger partial charge in [-0.3, -0.25) is 0 Å². The zero-order valence-electron chi connectivity index (χ0n) is 12.4. The third-order valence-corrected chi connectivity index (χ3v) is 3.88. The van der Waals surface area contributed by atoms with Crippen LogP contribution in [0, 0.1) is 6.92 Å². The highest BCUT2D eigenvalue weighted by Crippen LogP contribution is 2.22. The molecular formula is C16H27NO. The number of nitrogens with one attached hydrogen (secondary N) is 1. The molecule has 0 aliphatic rings. The summed E-state index contributed by atoms with van der Waals surface area (Å²) in [5.74, 6) is 0. The molecule has 0 aromatic heterocycles. The minimum Gasteiger partial charge on any atom is -0.377 e. The molecule has 0 fully saturated rings. The molecular weight excluding hydrogens is 222 g/mol. The van der Waals surface area contributed by atoms with Crippen molar-refractivity contribution in [3.05, 3.63) is 35.4 Å². The van der Waals surface area contributed by atoms with Gasteiger partial charge in [-0.2, -0.15) is 0 Å². The highest BCUT2D eigenvalue weighted by molar-refractivity contribution is 5.23. The second-order valence-corrected chi connectivity index (χ2v) is 5.17. The van der Waals surface area contributed by atoms with Crippen LogP contribution < -0.4 is 5.32 Å². The van der Waals surface area contributed by atoms with Crippen LogP contribution in [0.25, 0.3) is 0 Å². The van der Waals surface area contributed by atoms with Gasteiger partial charge in [0.2, 0.25) is 0 Å². The molecule has 1 aromatic carbocycles. The van der Waals surface area contributed by atoms with E-state index in [9.17, 15) is 0 Å². The number of hydrogen-bond donors (Lipinski definition) is 1. The van der Waals surface area contributed by atoms with Gasteiger partial charge in [0, 0.05) is 13.2 Å². The number of hydrogen-bond acceptors (Lipinski definition) is 2. The zero-order valence-corrected chi connectivity index (χ0v) is 12.4. The first-order chi connectivity index (χ1) is 8.55. The first-order valence-electron chi connectivity index (χ1n) is 6.89. The van der Waals surface area contributed by atoms with E-state index in [0.717, 1.165) is 19.4 Å². The molecule has 0 bridgehead atoms. The minimum absolute atomic E-state index is 0.111. The van der Waals surface area contributed by atoms with E-state index in [4.69, 9.17) is 4.74 Å². The van der Waals surface area contributed by atoms with Crippen LogP contribution in [0.5, 0.6) is 0 Å². The fourth-order valence-electron chi connectivity index (χ4n) is 2.36. The topological polar surface area (TPSA) is 21.3 Å². The van der Waals surface area contributed by atoms with E-state index in [1.807, 2.05) is 7.11 Å². The molecule has 2 atom stereocenters. The average Bonchev–Trinajstić information content (AvgIpc) is 2.37. The van der Waals surface area contributed by atoms with Crippen molar-refractivity contribution in [2.75, 3.05) is 13.7 Å². The molecule has 0 saturated heterocycles. The monoisotopic (exact) mass is 249 g/mol. The van der Waals surface area contributed by atoms with E-state index in [2.05, 4.69) is 57.3 Å². The number of methoxy groups -OCH3 is 1. The molecule has 0 heterocycles. The van der Waals surface area contributed by atoms with Gasteiger partial charge in [-0.25, -0.2) is 0 Å². The van der Waals surface area contributed by atoms with Crippen LogP contribution in [0.4, 0.5) is 0 Å². The molecule has 0 spiro atoms. The fraction of sp³-hybridized carbons (Fsp3) is 0.625. The van der Waals surface area contributed by atoms with Gasteiger partial charge in [0.15, 0.2) is 0 Å². The second-order valence-electron chi connectivity index (χ2n) is 5.17. The zero-order chi connectivity index (χ0) is 13.6. The molecule has 0 amide bonds. The Bertz CT molecular complexity index is 358. The van der Waals surface area contributed by atoms with Crippen molar-refractivity contribution >= 4 is 0 Å². The Labute approximate surface area is 112 Å². The molecule has 0 saturated carbocycles. The number of rotatable bonds is 7. The molecule has 0 aliphatic heterocycles. The van der Waals surface area contributed by atoms with Crippen LogP contribution in [-0.2, 0) is 11.2 Å². The van der Waals surface area contributed by atoms with E-state index in [1.54, 1.807) is 0 Å². The maximum absolute atomic E-state index is 5.74. The molecule has 2 heteroatoms. The largest absolute Gasteiger partial charge is 0.377 e. The van der Waals surface area contributed by atoms with Crippen LogP contribution in [-0.4, -0.2) is 25.3 Å². The molecule has 2 nitrogen and oxygen atoms in total. The van der Waals surface area contributed by atoms with Crippen LogP contribution in [0.15, 0.2) is 24.3 Å². The minimum atomic E-state index is -0.111. The summed E-state index contributed by atoms with van der Waals surface area (Å²) in [6.45, 7) is 9.63. The van der Waals surface area contributed by atoms with Crippen molar-refractivity contribution in [2.24, 2.45) is 0 Å². The third-order valence-electron chi connectivity index (χ3n) is 3.88. The average molecular weight is 249 g/mol. The number of benzene rings is 1. The second kappa shape index (κ2) is 6.91. The Hall–Kier alpha value is -0.860. The summed E-state index contributed by atoms with van der Waals surface area (Å²) >= 11 is 0. The summed E-state index contributed by atoms with van der Waals surface area (Å²) < 4.78 is 5.74. The van der Waals surface area contributed by atoms with E-state index in [0.29, 0.717) is 6.04 Å². The van der Waals surface area contributed by atoms with Crippen molar-refractivity contribution in [1.82, 2.24) is 5.32 Å². The van der Waals surface area contributed by atoms with Gasteiger partial charge in [-0.1, -0.05) is 43.7 Å². The molecule has 0 aliphatic carbocycles. The van der Waals surface area contributed by atoms with Gasteiger partial charge in [-0.05, 0) is 38.8 Å². The smallest absolute Gasteiger partial charge is 0.0803 e. The molecule has 0 radical (unpaired) electrons. The van der Waals surface area contributed by atoms with Gasteiger partial charge in [-0.15, -0.1) is 0 Å². The molecule has 1 aromatic rings. The van der Waals surface area contributed by atoms with Crippen molar-refractivity contribution in [1.29, 1.82) is 0 Å². The lowest BCUT2D eigenvalue weighted by atomic mass is 9.88. The maximum Gasteiger partial charge on any atom is 0.0803 e. The van der Waals surface area contributed by atoms with Gasteiger partial charge in [0.1, 0.15) is 0 Å². The van der Waals surface area contributed by atoms with Crippen LogP contribution >= 0.6 is 0 Å². The SMILES string of the molecule is CCNC(Cc1cccc(C)c1)C(C)(CC)OC. The van der Waals surface area contributed by atoms with Gasteiger partial charge >= 0.3 is 0 Å². The lowest BCUT2D eigenvalue weighted by Crippen LogP contribution is -2.51. The van der Waals surface area contributed by atoms with Crippen molar-refractivity contribution in [3.8, 4) is 0 Å². The van der Waals surface area contributed by atoms with Crippen LogP contribution in [0.2, 0.25) is 0 Å². The molecule has 2 unspecified atom stereocenters. The normalized spacial score (nSPS) is 16.3. The molecule has 1 N–H and O–H groups in total. The highest BCUT2D eigenvalue weighted by atomic mass is 16.5. The van der Waals surface area contributed by atoms with Crippen LogP contribution in [0.1, 0.15) is 38.3 Å². The highest BCUT2D eigenvalue weighted by Gasteiger charge is 2.31. The predicted octanol–water partition coefficient (Wildman–Crippen LogP) is 3.33. The number of ether oxygens (including phenoxy) is 1. The summed E-state index contributed by atoms with van der Waals surface area (Å²) in [6.07, 6.45) is 2.01. The quantitative estimate of drug-likeness (QED) is 0.800. The maximum atomic E-state index is 5.74. The van der Waals surface area contributed by atoms with E-state index >= 15 is 0 Å². The van der Waals surface area contributed by atoms with Gasteiger partial charge < -0.3 is 10.1 Å². The summed E-state index contributed by atoms with van der Waals surface area (Å²) in [5, 5.41) is 3.57. The fourth-order valence-corrected chi connectivity index (χ4v) is 2.36. The standard InChI is InChI=1S/C16H27NO/c1-6-16(4,18-5)15(17-7-2)12-14-10-8-9-13(3)11-14/h8-11,15,17H,6-7,12H2,1-5H3. The van der Waals surface area contributed by atoms with Crippen molar-refractivity contribution < 1.29 is 4.74 Å². The Morgan fingerprint density at radius 3 is 2.56 bits per heavy atom. The Morgan fingerprint density at radius 1 is 1.33 bits per heavy atom. The third kappa shape index (κ3) is 3.82. The molecule has 1 rings (SSSR count). The van der Waals surface area contributed by atoms with Crippen molar-refractivity contribution in [3.63, 3.8) is 0 Å². The first-order valence-corrected chi connectivity index (χ1v) is 6.89. The Kier molecular flexibility index (Phi) is 5.83. The summed E-state index contributed by atoms with van der Waals surface area (Å²) in [7, 11) is 1.81. The first kappa shape index (κ1) is 15.2. The van der Waals surface area contributed by atoms with Crippen molar-refractivity contribution in [2.45, 2.75) is 52.2 Å². The number of likely N-dealkylation sites (N-methyl/N-ethyl adjacent to an activating group) is 1. The van der Waals surface area contributed by atoms with E-state index < -0.39 is 0 Å². The lowest BCUT2D eigenvalue weighted by Gasteiger charge is -2.36. The lowest BCUT2D eigenvalue weighted by molar-refractivity contribution is -0.0283. The number of aryl methyl sites for hydroxylation is 1. The van der Waals surface area contributed by atoms with E-state index in [1.165, 1.54) is 11.1 Å². The molecule has 102 valence electrons. The molecule has 18 heavy (non-hydrogen) atoms. The summed E-state index contributed by atoms with van der Waals surface area (Å²) in [6, 6.07) is 9.07. The summed E-state index contributed by atoms with van der Waals surface area (Å²) in [4.78, 5) is 0. The Morgan fingerprint density at radius 2 is 2.06 bits per heavy atom. The predicted molar refractivity (Wildman–Crippen MR) is 78.1 cm³/mol. The van der Waals surface area contributed by atoms with Gasteiger partial charge in [0.05, 0.1) is 5.60 Å². The van der Waals surface area contributed by atoms with E-state index in [-0.39, 0.29) is 5.60 Å².